The lowest BCUT2D eigenvalue weighted by Crippen LogP contribution is -2.19. The fourth-order valence-electron chi connectivity index (χ4n) is 1.76. The van der Waals surface area contributed by atoms with Crippen molar-refractivity contribution in [2.24, 2.45) is 5.10 Å². The van der Waals surface area contributed by atoms with E-state index in [1.54, 1.807) is 18.3 Å². The molecule has 0 radical (unpaired) electrons. The zero-order chi connectivity index (χ0) is 15.2. The van der Waals surface area contributed by atoms with Crippen LogP contribution in [0.3, 0.4) is 0 Å². The molecule has 21 heavy (non-hydrogen) atoms. The Balaban J connectivity index is 2.05. The number of benzene rings is 1. The quantitative estimate of drug-likeness (QED) is 0.691. The van der Waals surface area contributed by atoms with Crippen LogP contribution in [0.1, 0.15) is 22.8 Å². The van der Waals surface area contributed by atoms with Gasteiger partial charge in [0.25, 0.3) is 5.91 Å². The number of aromatic nitrogens is 1. The summed E-state index contributed by atoms with van der Waals surface area (Å²) < 4.78 is 0. The Morgan fingerprint density at radius 1 is 1.14 bits per heavy atom. The molecule has 0 bridgehead atoms. The summed E-state index contributed by atoms with van der Waals surface area (Å²) in [7, 11) is 3.98. The van der Waals surface area contributed by atoms with Gasteiger partial charge < -0.3 is 4.90 Å². The van der Waals surface area contributed by atoms with Crippen LogP contribution in [0.25, 0.3) is 0 Å². The monoisotopic (exact) mass is 282 g/mol. The van der Waals surface area contributed by atoms with Crippen molar-refractivity contribution in [1.82, 2.24) is 10.4 Å². The van der Waals surface area contributed by atoms with Crippen molar-refractivity contribution >= 4 is 17.3 Å². The van der Waals surface area contributed by atoms with E-state index in [0.717, 1.165) is 17.0 Å². The van der Waals surface area contributed by atoms with E-state index in [4.69, 9.17) is 0 Å². The van der Waals surface area contributed by atoms with Crippen LogP contribution in [0.4, 0.5) is 5.69 Å². The second-order valence-corrected chi connectivity index (χ2v) is 4.82. The summed E-state index contributed by atoms with van der Waals surface area (Å²) in [5.41, 5.74) is 5.85. The van der Waals surface area contributed by atoms with E-state index in [0.29, 0.717) is 5.56 Å². The van der Waals surface area contributed by atoms with E-state index >= 15 is 0 Å². The van der Waals surface area contributed by atoms with Gasteiger partial charge in [-0.1, -0.05) is 12.1 Å². The van der Waals surface area contributed by atoms with Crippen LogP contribution >= 0.6 is 0 Å². The molecular formula is C16H18N4O. The van der Waals surface area contributed by atoms with Crippen molar-refractivity contribution in [1.29, 1.82) is 0 Å². The first kappa shape index (κ1) is 14.7. The number of anilines is 1. The molecule has 5 heteroatoms. The Labute approximate surface area is 124 Å². The minimum Gasteiger partial charge on any atom is -0.378 e. The van der Waals surface area contributed by atoms with Gasteiger partial charge in [-0.3, -0.25) is 9.78 Å². The molecule has 1 aromatic carbocycles. The molecular weight excluding hydrogens is 264 g/mol. The van der Waals surface area contributed by atoms with Gasteiger partial charge >= 0.3 is 0 Å². The molecule has 0 atom stereocenters. The lowest BCUT2D eigenvalue weighted by molar-refractivity contribution is 0.0954. The number of carbonyl (C=O) groups is 1. The van der Waals surface area contributed by atoms with Gasteiger partial charge in [0.15, 0.2) is 0 Å². The van der Waals surface area contributed by atoms with Crippen LogP contribution < -0.4 is 10.3 Å². The van der Waals surface area contributed by atoms with Gasteiger partial charge in [0.05, 0.1) is 11.3 Å². The normalized spacial score (nSPS) is 11.1. The molecule has 1 aromatic heterocycles. The Morgan fingerprint density at radius 2 is 1.86 bits per heavy atom. The molecule has 0 saturated carbocycles. The maximum Gasteiger partial charge on any atom is 0.272 e. The second kappa shape index (κ2) is 6.65. The standard InChI is InChI=1S/C16H18N4O/c1-12(13-6-8-15(9-7-13)20(2)3)18-19-16(21)14-5-4-10-17-11-14/h4-11H,1-3H3,(H,19,21)/b18-12-. The number of amides is 1. The summed E-state index contributed by atoms with van der Waals surface area (Å²) in [5.74, 6) is -0.271. The van der Waals surface area contributed by atoms with Crippen LogP contribution in [0.5, 0.6) is 0 Å². The van der Waals surface area contributed by atoms with Gasteiger partial charge in [0.1, 0.15) is 0 Å². The smallest absolute Gasteiger partial charge is 0.272 e. The van der Waals surface area contributed by atoms with Gasteiger partial charge in [-0.2, -0.15) is 5.10 Å². The predicted octanol–water partition coefficient (Wildman–Crippen LogP) is 2.30. The Kier molecular flexibility index (Phi) is 4.66. The minimum atomic E-state index is -0.271. The molecule has 5 nitrogen and oxygen atoms in total. The molecule has 2 aromatic rings. The summed E-state index contributed by atoms with van der Waals surface area (Å²) >= 11 is 0. The topological polar surface area (TPSA) is 57.6 Å². The fourth-order valence-corrected chi connectivity index (χ4v) is 1.76. The van der Waals surface area contributed by atoms with Crippen molar-refractivity contribution in [3.8, 4) is 0 Å². The highest BCUT2D eigenvalue weighted by molar-refractivity contribution is 6.00. The van der Waals surface area contributed by atoms with Crippen LogP contribution in [-0.2, 0) is 0 Å². The zero-order valence-electron chi connectivity index (χ0n) is 12.4. The van der Waals surface area contributed by atoms with E-state index in [2.05, 4.69) is 15.5 Å². The largest absolute Gasteiger partial charge is 0.378 e. The summed E-state index contributed by atoms with van der Waals surface area (Å²) in [4.78, 5) is 17.8. The van der Waals surface area contributed by atoms with Crippen LogP contribution in [0, 0.1) is 0 Å². The molecule has 0 fully saturated rings. The van der Waals surface area contributed by atoms with Gasteiger partial charge in [-0.25, -0.2) is 5.43 Å². The number of carbonyl (C=O) groups excluding carboxylic acids is 1. The Morgan fingerprint density at radius 3 is 2.43 bits per heavy atom. The lowest BCUT2D eigenvalue weighted by Gasteiger charge is -2.12. The molecule has 0 aliphatic carbocycles. The van der Waals surface area contributed by atoms with Gasteiger partial charge in [-0.15, -0.1) is 0 Å². The van der Waals surface area contributed by atoms with Crippen molar-refractivity contribution in [2.45, 2.75) is 6.92 Å². The Bertz CT molecular complexity index is 633. The Hall–Kier alpha value is -2.69. The molecule has 0 unspecified atom stereocenters. The molecule has 0 aliphatic heterocycles. The van der Waals surface area contributed by atoms with E-state index in [1.165, 1.54) is 6.20 Å². The molecule has 2 rings (SSSR count). The van der Waals surface area contributed by atoms with E-state index in [1.807, 2.05) is 50.2 Å². The van der Waals surface area contributed by atoms with Gasteiger partial charge in [-0.05, 0) is 36.8 Å². The second-order valence-electron chi connectivity index (χ2n) is 4.82. The number of hydrogen-bond acceptors (Lipinski definition) is 4. The fraction of sp³-hybridized carbons (Fsp3) is 0.188. The van der Waals surface area contributed by atoms with Crippen molar-refractivity contribution in [3.05, 3.63) is 59.9 Å². The van der Waals surface area contributed by atoms with Crippen molar-refractivity contribution < 1.29 is 4.79 Å². The first-order valence-corrected chi connectivity index (χ1v) is 6.60. The van der Waals surface area contributed by atoms with Crippen LogP contribution in [-0.4, -0.2) is 30.7 Å². The number of nitrogens with zero attached hydrogens (tertiary/aromatic N) is 3. The van der Waals surface area contributed by atoms with E-state index in [9.17, 15) is 4.79 Å². The number of nitrogens with one attached hydrogen (secondary N) is 1. The summed E-state index contributed by atoms with van der Waals surface area (Å²) in [6.45, 7) is 1.86. The van der Waals surface area contributed by atoms with Crippen LogP contribution in [0.15, 0.2) is 53.9 Å². The van der Waals surface area contributed by atoms with E-state index < -0.39 is 0 Å². The van der Waals surface area contributed by atoms with Gasteiger partial charge in [0.2, 0.25) is 0 Å². The van der Waals surface area contributed by atoms with Crippen molar-refractivity contribution in [3.63, 3.8) is 0 Å². The maximum absolute atomic E-state index is 11.9. The predicted molar refractivity (Wildman–Crippen MR) is 84.7 cm³/mol. The molecule has 0 saturated heterocycles. The molecule has 1 N–H and O–H groups in total. The van der Waals surface area contributed by atoms with Gasteiger partial charge in [0, 0.05) is 32.2 Å². The summed E-state index contributed by atoms with van der Waals surface area (Å²) in [6, 6.07) is 11.4. The van der Waals surface area contributed by atoms with Crippen molar-refractivity contribution in [2.75, 3.05) is 19.0 Å². The molecule has 1 amide bonds. The zero-order valence-corrected chi connectivity index (χ0v) is 12.4. The highest BCUT2D eigenvalue weighted by atomic mass is 16.2. The molecule has 0 spiro atoms. The minimum absolute atomic E-state index is 0.271. The SMILES string of the molecule is C/C(=N/NC(=O)c1cccnc1)c1ccc(N(C)C)cc1. The van der Waals surface area contributed by atoms with E-state index in [-0.39, 0.29) is 5.91 Å². The first-order valence-electron chi connectivity index (χ1n) is 6.60. The number of rotatable bonds is 4. The first-order chi connectivity index (χ1) is 10.1. The average molecular weight is 282 g/mol. The number of pyridine rings is 1. The summed E-state index contributed by atoms with van der Waals surface area (Å²) in [5, 5.41) is 4.12. The highest BCUT2D eigenvalue weighted by Gasteiger charge is 2.04. The number of hydrazone groups is 1. The molecule has 1 heterocycles. The average Bonchev–Trinajstić information content (AvgIpc) is 2.53. The highest BCUT2D eigenvalue weighted by Crippen LogP contribution is 2.12. The van der Waals surface area contributed by atoms with Crippen LogP contribution in [0.2, 0.25) is 0 Å². The number of hydrogen-bond donors (Lipinski definition) is 1. The summed E-state index contributed by atoms with van der Waals surface area (Å²) in [6.07, 6.45) is 3.13. The third-order valence-corrected chi connectivity index (χ3v) is 3.05. The third-order valence-electron chi connectivity index (χ3n) is 3.05. The molecule has 108 valence electrons. The lowest BCUT2D eigenvalue weighted by atomic mass is 10.1. The maximum atomic E-state index is 11.9. The molecule has 0 aliphatic rings. The third kappa shape index (κ3) is 3.89.